The van der Waals surface area contributed by atoms with Gasteiger partial charge >= 0.3 is 0 Å². The van der Waals surface area contributed by atoms with E-state index < -0.39 is 0 Å². The molecule has 5 nitrogen and oxygen atoms in total. The number of nitrogens with zero attached hydrogens (tertiary/aromatic N) is 1. The van der Waals surface area contributed by atoms with Gasteiger partial charge in [0.2, 0.25) is 0 Å². The third-order valence-electron chi connectivity index (χ3n) is 2.33. The molecule has 1 unspecified atom stereocenters. The molecule has 0 saturated carbocycles. The first kappa shape index (κ1) is 12.4. The second-order valence-corrected chi connectivity index (χ2v) is 3.70. The van der Waals surface area contributed by atoms with E-state index >= 15 is 0 Å². The van der Waals surface area contributed by atoms with E-state index in [4.69, 9.17) is 4.74 Å². The summed E-state index contributed by atoms with van der Waals surface area (Å²) in [6.45, 7) is 4.34. The third-order valence-corrected chi connectivity index (χ3v) is 2.33. The molecule has 1 aromatic carbocycles. The van der Waals surface area contributed by atoms with Crippen LogP contribution in [0.15, 0.2) is 18.2 Å². The van der Waals surface area contributed by atoms with E-state index in [2.05, 4.69) is 5.32 Å². The first-order valence-corrected chi connectivity index (χ1v) is 5.06. The molecule has 0 aromatic heterocycles. The number of ether oxygens (including phenoxy) is 1. The average molecular weight is 224 g/mol. The highest BCUT2D eigenvalue weighted by Gasteiger charge is 2.13. The van der Waals surface area contributed by atoms with Crippen LogP contribution in [0.5, 0.6) is 0 Å². The summed E-state index contributed by atoms with van der Waals surface area (Å²) in [5.41, 5.74) is 1.61. The molecular formula is C11H16N2O3. The van der Waals surface area contributed by atoms with Crippen molar-refractivity contribution in [2.24, 2.45) is 0 Å². The molecule has 1 rings (SSSR count). The van der Waals surface area contributed by atoms with Crippen LogP contribution in [0.4, 0.5) is 11.4 Å². The van der Waals surface area contributed by atoms with E-state index in [9.17, 15) is 10.1 Å². The third kappa shape index (κ3) is 3.20. The number of anilines is 1. The van der Waals surface area contributed by atoms with Crippen LogP contribution in [-0.4, -0.2) is 24.7 Å². The molecule has 16 heavy (non-hydrogen) atoms. The molecule has 0 radical (unpaired) electrons. The fourth-order valence-electron chi connectivity index (χ4n) is 1.29. The smallest absolute Gasteiger partial charge is 0.292 e. The normalized spacial score (nSPS) is 12.2. The number of nitrogens with one attached hydrogen (secondary N) is 1. The molecule has 0 spiro atoms. The highest BCUT2D eigenvalue weighted by Crippen LogP contribution is 2.25. The van der Waals surface area contributed by atoms with Crippen LogP contribution in [0.25, 0.3) is 0 Å². The first-order chi connectivity index (χ1) is 7.54. The van der Waals surface area contributed by atoms with Gasteiger partial charge in [0.1, 0.15) is 5.69 Å². The average Bonchev–Trinajstić information content (AvgIpc) is 2.25. The van der Waals surface area contributed by atoms with Gasteiger partial charge in [0.25, 0.3) is 5.69 Å². The molecule has 1 atom stereocenters. The van der Waals surface area contributed by atoms with Crippen molar-refractivity contribution >= 4 is 11.4 Å². The van der Waals surface area contributed by atoms with Crippen LogP contribution in [-0.2, 0) is 4.74 Å². The fourth-order valence-corrected chi connectivity index (χ4v) is 1.29. The maximum absolute atomic E-state index is 10.8. The first-order valence-electron chi connectivity index (χ1n) is 5.06. The van der Waals surface area contributed by atoms with Crippen molar-refractivity contribution in [2.75, 3.05) is 19.0 Å². The molecule has 0 heterocycles. The lowest BCUT2D eigenvalue weighted by Gasteiger charge is -2.12. The van der Waals surface area contributed by atoms with Gasteiger partial charge in [-0.1, -0.05) is 6.07 Å². The Balaban J connectivity index is 2.84. The molecule has 0 amide bonds. The van der Waals surface area contributed by atoms with Crippen LogP contribution in [0.3, 0.4) is 0 Å². The largest absolute Gasteiger partial charge is 0.380 e. The highest BCUT2D eigenvalue weighted by molar-refractivity contribution is 5.62. The minimum absolute atomic E-state index is 0.0140. The Labute approximate surface area is 94.6 Å². The number of hydrogen-bond donors (Lipinski definition) is 1. The predicted octanol–water partition coefficient (Wildman–Crippen LogP) is 2.35. The van der Waals surface area contributed by atoms with Gasteiger partial charge < -0.3 is 10.1 Å². The Morgan fingerprint density at radius 1 is 1.56 bits per heavy atom. The van der Waals surface area contributed by atoms with E-state index in [1.807, 2.05) is 13.8 Å². The van der Waals surface area contributed by atoms with Crippen molar-refractivity contribution in [1.82, 2.24) is 0 Å². The molecule has 0 aliphatic carbocycles. The lowest BCUT2D eigenvalue weighted by molar-refractivity contribution is -0.384. The second-order valence-electron chi connectivity index (χ2n) is 3.70. The Hall–Kier alpha value is -1.62. The number of nitro groups is 1. The summed E-state index contributed by atoms with van der Waals surface area (Å²) < 4.78 is 5.07. The van der Waals surface area contributed by atoms with Gasteiger partial charge in [-0.2, -0.15) is 0 Å². The summed E-state index contributed by atoms with van der Waals surface area (Å²) in [7, 11) is 1.61. The van der Waals surface area contributed by atoms with Gasteiger partial charge in [-0.25, -0.2) is 0 Å². The maximum Gasteiger partial charge on any atom is 0.292 e. The molecule has 0 bridgehead atoms. The topological polar surface area (TPSA) is 64.4 Å². The van der Waals surface area contributed by atoms with E-state index in [-0.39, 0.29) is 16.7 Å². The SMILES string of the molecule is COC(C)CNc1cc(C)ccc1[N+](=O)[O-]. The molecule has 1 N–H and O–H groups in total. The van der Waals surface area contributed by atoms with Crippen LogP contribution in [0, 0.1) is 17.0 Å². The Kier molecular flexibility index (Phi) is 4.25. The molecule has 5 heteroatoms. The lowest BCUT2D eigenvalue weighted by Crippen LogP contribution is -2.18. The molecular weight excluding hydrogens is 208 g/mol. The quantitative estimate of drug-likeness (QED) is 0.616. The van der Waals surface area contributed by atoms with Crippen molar-refractivity contribution in [3.05, 3.63) is 33.9 Å². The van der Waals surface area contributed by atoms with E-state index in [1.54, 1.807) is 19.2 Å². The van der Waals surface area contributed by atoms with Crippen molar-refractivity contribution in [1.29, 1.82) is 0 Å². The molecule has 0 fully saturated rings. The highest BCUT2D eigenvalue weighted by atomic mass is 16.6. The summed E-state index contributed by atoms with van der Waals surface area (Å²) >= 11 is 0. The van der Waals surface area contributed by atoms with Crippen LogP contribution >= 0.6 is 0 Å². The lowest BCUT2D eigenvalue weighted by atomic mass is 10.2. The zero-order chi connectivity index (χ0) is 12.1. The summed E-state index contributed by atoms with van der Waals surface area (Å²) in [6.07, 6.45) is 0.0140. The number of benzene rings is 1. The van der Waals surface area contributed by atoms with Crippen LogP contribution < -0.4 is 5.32 Å². The van der Waals surface area contributed by atoms with Gasteiger partial charge in [0.05, 0.1) is 11.0 Å². The second kappa shape index (κ2) is 5.46. The van der Waals surface area contributed by atoms with Crippen molar-refractivity contribution < 1.29 is 9.66 Å². The number of methoxy groups -OCH3 is 1. The fraction of sp³-hybridized carbons (Fsp3) is 0.455. The van der Waals surface area contributed by atoms with Gasteiger partial charge in [-0.05, 0) is 25.5 Å². The maximum atomic E-state index is 10.8. The summed E-state index contributed by atoms with van der Waals surface area (Å²) in [4.78, 5) is 10.4. The summed E-state index contributed by atoms with van der Waals surface area (Å²) in [5.74, 6) is 0. The zero-order valence-electron chi connectivity index (χ0n) is 9.69. The number of hydrogen-bond acceptors (Lipinski definition) is 4. The zero-order valence-corrected chi connectivity index (χ0v) is 9.69. The Morgan fingerprint density at radius 2 is 2.25 bits per heavy atom. The van der Waals surface area contributed by atoms with Crippen molar-refractivity contribution in [2.45, 2.75) is 20.0 Å². The number of nitro benzene ring substituents is 1. The summed E-state index contributed by atoms with van der Waals surface area (Å²) in [6, 6.07) is 5.00. The van der Waals surface area contributed by atoms with Crippen molar-refractivity contribution in [3.8, 4) is 0 Å². The molecule has 88 valence electrons. The predicted molar refractivity (Wildman–Crippen MR) is 62.8 cm³/mol. The molecule has 0 aliphatic rings. The van der Waals surface area contributed by atoms with E-state index in [0.29, 0.717) is 12.2 Å². The monoisotopic (exact) mass is 224 g/mol. The molecule has 1 aromatic rings. The van der Waals surface area contributed by atoms with Crippen LogP contribution in [0.1, 0.15) is 12.5 Å². The molecule has 0 saturated heterocycles. The number of rotatable bonds is 5. The number of aryl methyl sites for hydroxylation is 1. The Bertz CT molecular complexity index is 379. The van der Waals surface area contributed by atoms with Gasteiger partial charge in [-0.3, -0.25) is 10.1 Å². The van der Waals surface area contributed by atoms with Gasteiger partial charge in [0, 0.05) is 19.7 Å². The standard InChI is InChI=1S/C11H16N2O3/c1-8-4-5-11(13(14)15)10(6-8)12-7-9(2)16-3/h4-6,9,12H,7H2,1-3H3. The minimum Gasteiger partial charge on any atom is -0.380 e. The van der Waals surface area contributed by atoms with Gasteiger partial charge in [0.15, 0.2) is 0 Å². The minimum atomic E-state index is -0.390. The summed E-state index contributed by atoms with van der Waals surface area (Å²) in [5, 5.41) is 13.8. The Morgan fingerprint density at radius 3 is 2.81 bits per heavy atom. The van der Waals surface area contributed by atoms with Crippen molar-refractivity contribution in [3.63, 3.8) is 0 Å². The van der Waals surface area contributed by atoms with E-state index in [1.165, 1.54) is 6.07 Å². The van der Waals surface area contributed by atoms with E-state index in [0.717, 1.165) is 5.56 Å². The molecule has 0 aliphatic heterocycles. The van der Waals surface area contributed by atoms with Gasteiger partial charge in [-0.15, -0.1) is 0 Å². The van der Waals surface area contributed by atoms with Crippen LogP contribution in [0.2, 0.25) is 0 Å².